The molecule has 0 fully saturated rings. The molecular formula is C26H39NO4. The second kappa shape index (κ2) is 13.0. The highest BCUT2D eigenvalue weighted by Gasteiger charge is 2.16. The Bertz CT molecular complexity index is 903. The molecule has 5 heteroatoms. The summed E-state index contributed by atoms with van der Waals surface area (Å²) in [5.41, 5.74) is 5.01. The molecule has 5 nitrogen and oxygen atoms in total. The number of hydrogen-bond donors (Lipinski definition) is 1. The fraction of sp³-hybridized carbons (Fsp3) is 0.500. The van der Waals surface area contributed by atoms with Gasteiger partial charge in [0.2, 0.25) is 17.1 Å². The molecule has 0 unspecified atom stereocenters. The fourth-order valence-corrected chi connectivity index (χ4v) is 3.58. The summed E-state index contributed by atoms with van der Waals surface area (Å²) in [7, 11) is 4.75. The Morgan fingerprint density at radius 2 is 1.81 bits per heavy atom. The average Bonchev–Trinajstić information content (AvgIpc) is 2.74. The highest BCUT2D eigenvalue weighted by Crippen LogP contribution is 2.22. The first-order chi connectivity index (χ1) is 14.7. The van der Waals surface area contributed by atoms with Gasteiger partial charge < -0.3 is 19.2 Å². The summed E-state index contributed by atoms with van der Waals surface area (Å²) in [6.07, 6.45) is 12.4. The van der Waals surface area contributed by atoms with Crippen LogP contribution in [0.25, 0.3) is 0 Å². The molecule has 2 atom stereocenters. The van der Waals surface area contributed by atoms with Crippen LogP contribution >= 0.6 is 0 Å². The lowest BCUT2D eigenvalue weighted by Gasteiger charge is -2.21. The molecule has 0 amide bonds. The highest BCUT2D eigenvalue weighted by molar-refractivity contribution is 5.40. The van der Waals surface area contributed by atoms with E-state index in [0.717, 1.165) is 17.7 Å². The zero-order chi connectivity index (χ0) is 23.6. The quantitative estimate of drug-likeness (QED) is 0.362. The molecule has 0 saturated heterocycles. The number of aromatic amines is 1. The van der Waals surface area contributed by atoms with E-state index in [2.05, 4.69) is 63.1 Å². The van der Waals surface area contributed by atoms with Gasteiger partial charge in [0.15, 0.2) is 0 Å². The van der Waals surface area contributed by atoms with E-state index < -0.39 is 0 Å². The molecule has 172 valence electrons. The number of rotatable bonds is 11. The Kier molecular flexibility index (Phi) is 11.1. The number of methoxy groups -OCH3 is 3. The van der Waals surface area contributed by atoms with Gasteiger partial charge in [-0.3, -0.25) is 4.79 Å². The Labute approximate surface area is 187 Å². The third kappa shape index (κ3) is 7.59. The zero-order valence-electron chi connectivity index (χ0n) is 20.6. The molecule has 0 spiro atoms. The Hall–Kier alpha value is -2.53. The van der Waals surface area contributed by atoms with E-state index in [1.165, 1.54) is 25.4 Å². The van der Waals surface area contributed by atoms with Gasteiger partial charge in [0.05, 0.1) is 20.3 Å². The largest absolute Gasteiger partial charge is 0.488 e. The number of nitrogens with one attached hydrogen (secondary N) is 1. The van der Waals surface area contributed by atoms with Crippen LogP contribution in [0, 0.1) is 12.8 Å². The normalized spacial score (nSPS) is 15.3. The molecule has 1 aromatic rings. The van der Waals surface area contributed by atoms with Crippen LogP contribution in [-0.4, -0.2) is 32.4 Å². The molecule has 0 bridgehead atoms. The van der Waals surface area contributed by atoms with Crippen LogP contribution in [0.2, 0.25) is 0 Å². The first-order valence-electron chi connectivity index (χ1n) is 10.7. The molecule has 1 heterocycles. The first kappa shape index (κ1) is 26.5. The smallest absolute Gasteiger partial charge is 0.238 e. The Morgan fingerprint density at radius 3 is 2.35 bits per heavy atom. The molecule has 1 aromatic heterocycles. The van der Waals surface area contributed by atoms with Crippen LogP contribution in [0.1, 0.15) is 52.3 Å². The monoisotopic (exact) mass is 429 g/mol. The standard InChI is InChI=1S/C26H39NO4/c1-10-19(4)24(29-7)20(5)16-18(3)13-11-12-17(2)14-15-22-21(6)23(28)25(30-8)26(27-22)31-9/h10-12,14,16,20,24H,13,15H2,1-9H3,(H,27,28)/t20-,24+/m0/s1. The van der Waals surface area contributed by atoms with E-state index in [0.29, 0.717) is 23.8 Å². The van der Waals surface area contributed by atoms with Crippen LogP contribution in [-0.2, 0) is 11.2 Å². The number of ether oxygens (including phenoxy) is 3. The van der Waals surface area contributed by atoms with Crippen molar-refractivity contribution in [1.82, 2.24) is 4.98 Å². The number of pyridine rings is 1. The summed E-state index contributed by atoms with van der Waals surface area (Å²) in [6, 6.07) is 0. The molecule has 0 aliphatic heterocycles. The second-order valence-electron chi connectivity index (χ2n) is 7.94. The predicted molar refractivity (Wildman–Crippen MR) is 129 cm³/mol. The van der Waals surface area contributed by atoms with Crippen molar-refractivity contribution in [2.75, 3.05) is 21.3 Å². The van der Waals surface area contributed by atoms with Gasteiger partial charge in [-0.1, -0.05) is 48.5 Å². The van der Waals surface area contributed by atoms with Gasteiger partial charge in [-0.2, -0.15) is 0 Å². The molecule has 0 aromatic carbocycles. The van der Waals surface area contributed by atoms with E-state index in [1.807, 2.05) is 6.92 Å². The van der Waals surface area contributed by atoms with Gasteiger partial charge in [-0.25, -0.2) is 0 Å². The van der Waals surface area contributed by atoms with Gasteiger partial charge in [-0.05, 0) is 46.6 Å². The number of allylic oxidation sites excluding steroid dienone is 6. The average molecular weight is 430 g/mol. The summed E-state index contributed by atoms with van der Waals surface area (Å²) >= 11 is 0. The van der Waals surface area contributed by atoms with E-state index in [-0.39, 0.29) is 17.3 Å². The van der Waals surface area contributed by atoms with Gasteiger partial charge in [0, 0.05) is 30.7 Å². The molecule has 1 rings (SSSR count). The number of aromatic nitrogens is 1. The Balaban J connectivity index is 2.83. The van der Waals surface area contributed by atoms with Crippen molar-refractivity contribution in [3.63, 3.8) is 0 Å². The predicted octanol–water partition coefficient (Wildman–Crippen LogP) is 5.70. The highest BCUT2D eigenvalue weighted by atomic mass is 16.5. The number of H-pyrrole nitrogens is 1. The summed E-state index contributed by atoms with van der Waals surface area (Å²) in [4.78, 5) is 15.6. The van der Waals surface area contributed by atoms with Crippen molar-refractivity contribution in [3.05, 3.63) is 68.6 Å². The third-order valence-corrected chi connectivity index (χ3v) is 5.51. The van der Waals surface area contributed by atoms with Crippen molar-refractivity contribution in [2.45, 2.75) is 60.5 Å². The molecule has 0 saturated carbocycles. The summed E-state index contributed by atoms with van der Waals surface area (Å²) in [5.74, 6) is 0.879. The SMILES string of the molecule is CC=C(C)[C@@H](OC)[C@@H](C)C=C(C)CC=CC(C)=CCc1[nH]c(OC)c(OC)c(=O)c1C. The second-order valence-corrected chi connectivity index (χ2v) is 7.94. The third-order valence-electron chi connectivity index (χ3n) is 5.51. The molecule has 0 aliphatic rings. The van der Waals surface area contributed by atoms with Crippen LogP contribution in [0.5, 0.6) is 11.6 Å². The van der Waals surface area contributed by atoms with Crippen molar-refractivity contribution in [1.29, 1.82) is 0 Å². The van der Waals surface area contributed by atoms with E-state index in [1.54, 1.807) is 14.0 Å². The fourth-order valence-electron chi connectivity index (χ4n) is 3.58. The van der Waals surface area contributed by atoms with Gasteiger partial charge in [0.25, 0.3) is 0 Å². The van der Waals surface area contributed by atoms with Crippen LogP contribution in [0.15, 0.2) is 51.9 Å². The lowest BCUT2D eigenvalue weighted by Crippen LogP contribution is -2.20. The topological polar surface area (TPSA) is 60.6 Å². The van der Waals surface area contributed by atoms with Gasteiger partial charge in [-0.15, -0.1) is 0 Å². The zero-order valence-corrected chi connectivity index (χ0v) is 20.6. The van der Waals surface area contributed by atoms with E-state index >= 15 is 0 Å². The lowest BCUT2D eigenvalue weighted by molar-refractivity contribution is 0.103. The summed E-state index contributed by atoms with van der Waals surface area (Å²) < 4.78 is 16.1. The van der Waals surface area contributed by atoms with Crippen molar-refractivity contribution in [3.8, 4) is 11.6 Å². The maximum absolute atomic E-state index is 12.4. The van der Waals surface area contributed by atoms with Crippen LogP contribution in [0.4, 0.5) is 0 Å². The van der Waals surface area contributed by atoms with Crippen molar-refractivity contribution in [2.24, 2.45) is 5.92 Å². The van der Waals surface area contributed by atoms with Crippen LogP contribution < -0.4 is 14.9 Å². The number of hydrogen-bond acceptors (Lipinski definition) is 4. The Morgan fingerprint density at radius 1 is 1.13 bits per heavy atom. The molecular weight excluding hydrogens is 390 g/mol. The maximum atomic E-state index is 12.4. The first-order valence-corrected chi connectivity index (χ1v) is 10.7. The summed E-state index contributed by atoms with van der Waals surface area (Å²) in [5, 5.41) is 0. The van der Waals surface area contributed by atoms with Crippen molar-refractivity contribution < 1.29 is 14.2 Å². The van der Waals surface area contributed by atoms with Crippen molar-refractivity contribution >= 4 is 0 Å². The molecule has 0 aliphatic carbocycles. The molecule has 31 heavy (non-hydrogen) atoms. The van der Waals surface area contributed by atoms with Gasteiger partial charge >= 0.3 is 0 Å². The minimum atomic E-state index is -0.146. The minimum absolute atomic E-state index is 0.109. The maximum Gasteiger partial charge on any atom is 0.238 e. The van der Waals surface area contributed by atoms with E-state index in [9.17, 15) is 4.79 Å². The van der Waals surface area contributed by atoms with Gasteiger partial charge in [0.1, 0.15) is 0 Å². The minimum Gasteiger partial charge on any atom is -0.488 e. The van der Waals surface area contributed by atoms with Crippen LogP contribution in [0.3, 0.4) is 0 Å². The molecule has 0 radical (unpaired) electrons. The lowest BCUT2D eigenvalue weighted by atomic mass is 9.95. The molecule has 1 N–H and O–H groups in total. The van der Waals surface area contributed by atoms with E-state index in [4.69, 9.17) is 14.2 Å². The summed E-state index contributed by atoms with van der Waals surface area (Å²) in [6.45, 7) is 12.3.